The molecule has 0 radical (unpaired) electrons. The number of carbonyl (C=O) groups excluding carboxylic acids is 2. The third kappa shape index (κ3) is 4.88. The molecular formula is C11H10N4O4. The van der Waals surface area contributed by atoms with E-state index in [-0.39, 0.29) is 17.4 Å². The van der Waals surface area contributed by atoms with Crippen molar-refractivity contribution in [3.05, 3.63) is 40.3 Å². The monoisotopic (exact) mass is 262 g/mol. The maximum absolute atomic E-state index is 10.4. The number of hydrogen-bond acceptors (Lipinski definition) is 4. The Morgan fingerprint density at radius 2 is 1.74 bits per heavy atom. The van der Waals surface area contributed by atoms with Crippen LogP contribution in [0.4, 0.5) is 5.69 Å². The van der Waals surface area contributed by atoms with Gasteiger partial charge in [-0.2, -0.15) is 0 Å². The fourth-order valence-electron chi connectivity index (χ4n) is 1.23. The first-order valence-corrected chi connectivity index (χ1v) is 5.24. The second-order valence-corrected chi connectivity index (χ2v) is 3.51. The molecule has 1 aliphatic heterocycles. The first-order chi connectivity index (χ1) is 9.02. The van der Waals surface area contributed by atoms with Gasteiger partial charge < -0.3 is 5.11 Å². The summed E-state index contributed by atoms with van der Waals surface area (Å²) in [6.45, 7) is 0. The van der Waals surface area contributed by atoms with Crippen molar-refractivity contribution in [1.82, 2.24) is 5.32 Å². The number of aromatic carboxylic acids is 1. The Morgan fingerprint density at radius 1 is 1.21 bits per heavy atom. The Labute approximate surface area is 107 Å². The van der Waals surface area contributed by atoms with Crippen LogP contribution in [0.3, 0.4) is 0 Å². The van der Waals surface area contributed by atoms with Crippen LogP contribution in [0.5, 0.6) is 0 Å². The smallest absolute Gasteiger partial charge is 0.335 e. The minimum atomic E-state index is -0.998. The first-order valence-electron chi connectivity index (χ1n) is 5.24. The molecule has 0 spiro atoms. The van der Waals surface area contributed by atoms with Gasteiger partial charge in [-0.15, -0.1) is 0 Å². The van der Waals surface area contributed by atoms with Gasteiger partial charge in [0.15, 0.2) is 0 Å². The van der Waals surface area contributed by atoms with Crippen molar-refractivity contribution in [2.24, 2.45) is 5.11 Å². The van der Waals surface area contributed by atoms with Gasteiger partial charge in [-0.1, -0.05) is 17.2 Å². The largest absolute Gasteiger partial charge is 0.478 e. The number of benzene rings is 1. The van der Waals surface area contributed by atoms with Crippen LogP contribution in [0.15, 0.2) is 29.4 Å². The van der Waals surface area contributed by atoms with E-state index in [4.69, 9.17) is 10.6 Å². The fraction of sp³-hybridized carbons (Fsp3) is 0.182. The van der Waals surface area contributed by atoms with Crippen LogP contribution >= 0.6 is 0 Å². The van der Waals surface area contributed by atoms with E-state index in [1.165, 1.54) is 24.3 Å². The molecule has 8 heteroatoms. The summed E-state index contributed by atoms with van der Waals surface area (Å²) in [6.07, 6.45) is 0.748. The number of hydrogen-bond donors (Lipinski definition) is 2. The van der Waals surface area contributed by atoms with Crippen LogP contribution < -0.4 is 5.32 Å². The van der Waals surface area contributed by atoms with E-state index in [0.29, 0.717) is 18.5 Å². The molecular weight excluding hydrogens is 252 g/mol. The maximum Gasteiger partial charge on any atom is 0.335 e. The molecule has 1 saturated heterocycles. The number of nitrogens with one attached hydrogen (secondary N) is 1. The minimum Gasteiger partial charge on any atom is -0.478 e. The molecule has 1 aromatic carbocycles. The van der Waals surface area contributed by atoms with Crippen molar-refractivity contribution in [3.8, 4) is 0 Å². The third-order valence-corrected chi connectivity index (χ3v) is 2.13. The average Bonchev–Trinajstić information content (AvgIpc) is 2.75. The summed E-state index contributed by atoms with van der Waals surface area (Å²) in [4.78, 5) is 33.2. The number of carboxylic acid groups (broad SMARTS) is 1. The van der Waals surface area contributed by atoms with Crippen LogP contribution in [-0.2, 0) is 9.59 Å². The summed E-state index contributed by atoms with van der Waals surface area (Å²) in [6, 6.07) is 5.66. The summed E-state index contributed by atoms with van der Waals surface area (Å²) in [7, 11) is 0. The molecule has 98 valence electrons. The summed E-state index contributed by atoms with van der Waals surface area (Å²) >= 11 is 0. The normalized spacial score (nSPS) is 12.8. The molecule has 0 aromatic heterocycles. The molecule has 2 N–H and O–H groups in total. The number of rotatable bonds is 2. The van der Waals surface area contributed by atoms with E-state index in [0.717, 1.165) is 0 Å². The van der Waals surface area contributed by atoms with E-state index >= 15 is 0 Å². The highest BCUT2D eigenvalue weighted by atomic mass is 16.4. The van der Waals surface area contributed by atoms with Crippen LogP contribution in [0.2, 0.25) is 0 Å². The van der Waals surface area contributed by atoms with Gasteiger partial charge >= 0.3 is 5.97 Å². The highest BCUT2D eigenvalue weighted by Gasteiger charge is 2.15. The van der Waals surface area contributed by atoms with Crippen molar-refractivity contribution in [3.63, 3.8) is 0 Å². The summed E-state index contributed by atoms with van der Waals surface area (Å²) in [5.41, 5.74) is 8.62. The second kappa shape index (κ2) is 6.77. The minimum absolute atomic E-state index is 0.148. The van der Waals surface area contributed by atoms with Gasteiger partial charge in [0.1, 0.15) is 0 Å². The molecule has 2 rings (SSSR count). The SMILES string of the molecule is O=C1CCC(=O)N1.[N-]=[N+]=Nc1ccc(C(=O)O)cc1. The van der Waals surface area contributed by atoms with Crippen molar-refractivity contribution < 1.29 is 19.5 Å². The van der Waals surface area contributed by atoms with Gasteiger partial charge in [-0.25, -0.2) is 4.79 Å². The number of carbonyl (C=O) groups is 3. The summed E-state index contributed by atoms with van der Waals surface area (Å²) in [5, 5.41) is 13.9. The van der Waals surface area contributed by atoms with Gasteiger partial charge in [0.05, 0.1) is 5.56 Å². The van der Waals surface area contributed by atoms with Gasteiger partial charge in [0, 0.05) is 23.4 Å². The lowest BCUT2D eigenvalue weighted by molar-refractivity contribution is -0.124. The predicted molar refractivity (Wildman–Crippen MR) is 64.6 cm³/mol. The Balaban J connectivity index is 0.000000218. The lowest BCUT2D eigenvalue weighted by atomic mass is 10.2. The molecule has 0 bridgehead atoms. The molecule has 1 heterocycles. The van der Waals surface area contributed by atoms with E-state index in [9.17, 15) is 14.4 Å². The van der Waals surface area contributed by atoms with E-state index in [1.807, 2.05) is 0 Å². The van der Waals surface area contributed by atoms with Crippen LogP contribution in [0.25, 0.3) is 10.4 Å². The average molecular weight is 262 g/mol. The van der Waals surface area contributed by atoms with Gasteiger partial charge in [0.25, 0.3) is 0 Å². The second-order valence-electron chi connectivity index (χ2n) is 3.51. The van der Waals surface area contributed by atoms with Crippen molar-refractivity contribution in [2.75, 3.05) is 0 Å². The van der Waals surface area contributed by atoms with Crippen LogP contribution in [0.1, 0.15) is 23.2 Å². The zero-order valence-electron chi connectivity index (χ0n) is 9.74. The van der Waals surface area contributed by atoms with Gasteiger partial charge in [0.2, 0.25) is 11.8 Å². The number of amides is 2. The molecule has 0 aliphatic carbocycles. The van der Waals surface area contributed by atoms with E-state index < -0.39 is 5.97 Å². The van der Waals surface area contributed by atoms with Gasteiger partial charge in [-0.3, -0.25) is 14.9 Å². The quantitative estimate of drug-likeness (QED) is 0.363. The van der Waals surface area contributed by atoms with Crippen LogP contribution in [0, 0.1) is 0 Å². The predicted octanol–water partition coefficient (Wildman–Crippen LogP) is 1.75. The molecule has 1 aliphatic rings. The van der Waals surface area contributed by atoms with E-state index in [2.05, 4.69) is 15.3 Å². The number of nitrogens with zero attached hydrogens (tertiary/aromatic N) is 3. The Kier molecular flexibility index (Phi) is 5.06. The van der Waals surface area contributed by atoms with Gasteiger partial charge in [-0.05, 0) is 17.7 Å². The summed E-state index contributed by atoms with van der Waals surface area (Å²) in [5.74, 6) is -1.29. The maximum atomic E-state index is 10.4. The van der Waals surface area contributed by atoms with Crippen LogP contribution in [-0.4, -0.2) is 22.9 Å². The molecule has 1 fully saturated rings. The molecule has 0 unspecified atom stereocenters. The highest BCUT2D eigenvalue weighted by Crippen LogP contribution is 2.12. The summed E-state index contributed by atoms with van der Waals surface area (Å²) < 4.78 is 0. The molecule has 19 heavy (non-hydrogen) atoms. The molecule has 1 aromatic rings. The number of carboxylic acids is 1. The number of imide groups is 1. The number of azide groups is 1. The molecule has 2 amide bonds. The first kappa shape index (κ1) is 14.2. The Bertz CT molecular complexity index is 511. The molecule has 0 saturated carbocycles. The fourth-order valence-corrected chi connectivity index (χ4v) is 1.23. The van der Waals surface area contributed by atoms with Crippen molar-refractivity contribution in [1.29, 1.82) is 0 Å². The van der Waals surface area contributed by atoms with E-state index in [1.54, 1.807) is 0 Å². The topological polar surface area (TPSA) is 132 Å². The Hall–Kier alpha value is -2.86. The highest BCUT2D eigenvalue weighted by molar-refractivity contribution is 6.01. The lowest BCUT2D eigenvalue weighted by Crippen LogP contribution is -2.18. The Morgan fingerprint density at radius 3 is 2.05 bits per heavy atom. The molecule has 0 atom stereocenters. The lowest BCUT2D eigenvalue weighted by Gasteiger charge is -1.92. The zero-order valence-corrected chi connectivity index (χ0v) is 9.74. The standard InChI is InChI=1S/C7H5N3O2.C4H5NO2/c8-10-9-6-3-1-5(2-4-6)7(11)12;6-3-1-2-4(7)5-3/h1-4H,(H,11,12);1-2H2,(H,5,6,7). The van der Waals surface area contributed by atoms with Crippen molar-refractivity contribution >= 4 is 23.5 Å². The third-order valence-electron chi connectivity index (χ3n) is 2.13. The van der Waals surface area contributed by atoms with Crippen molar-refractivity contribution in [2.45, 2.75) is 12.8 Å². The zero-order chi connectivity index (χ0) is 14.3. The molecule has 8 nitrogen and oxygen atoms in total.